The average molecular weight is 470 g/mol. The summed E-state index contributed by atoms with van der Waals surface area (Å²) in [5, 5.41) is 7.78. The molecule has 0 fully saturated rings. The minimum Gasteiger partial charge on any atom is -0.483 e. The fraction of sp³-hybridized carbons (Fsp3) is 0.125. The maximum absolute atomic E-state index is 12.3. The van der Waals surface area contributed by atoms with Crippen molar-refractivity contribution in [1.29, 1.82) is 0 Å². The molecule has 0 radical (unpaired) electrons. The number of anilines is 1. The number of rotatable bonds is 7. The van der Waals surface area contributed by atoms with E-state index in [9.17, 15) is 9.59 Å². The number of amides is 2. The van der Waals surface area contributed by atoms with Crippen molar-refractivity contribution in [2.24, 2.45) is 5.10 Å². The molecule has 0 saturated heterocycles. The van der Waals surface area contributed by atoms with Gasteiger partial charge in [0, 0.05) is 26.9 Å². The molecule has 8 heteroatoms. The monoisotopic (exact) mass is 469 g/mol. The Labute approximate surface area is 196 Å². The van der Waals surface area contributed by atoms with Gasteiger partial charge in [-0.05, 0) is 67.9 Å². The first-order valence-electron chi connectivity index (χ1n) is 9.70. The van der Waals surface area contributed by atoms with Crippen LogP contribution in [0.5, 0.6) is 5.75 Å². The van der Waals surface area contributed by atoms with Crippen molar-refractivity contribution in [2.45, 2.75) is 13.8 Å². The highest BCUT2D eigenvalue weighted by atomic mass is 35.5. The number of hydrogen-bond donors (Lipinski definition) is 2. The quantitative estimate of drug-likeness (QED) is 0.359. The number of carbonyl (C=O) groups is 2. The molecule has 0 spiro atoms. The van der Waals surface area contributed by atoms with E-state index in [1.165, 1.54) is 6.21 Å². The number of hydrogen-bond acceptors (Lipinski definition) is 4. The smallest absolute Gasteiger partial charge is 0.271 e. The van der Waals surface area contributed by atoms with Gasteiger partial charge in [-0.3, -0.25) is 9.59 Å². The van der Waals surface area contributed by atoms with Gasteiger partial charge in [0.1, 0.15) is 5.75 Å². The van der Waals surface area contributed by atoms with Crippen LogP contribution in [0.4, 0.5) is 5.69 Å². The van der Waals surface area contributed by atoms with Gasteiger partial charge >= 0.3 is 0 Å². The Morgan fingerprint density at radius 1 is 0.969 bits per heavy atom. The summed E-state index contributed by atoms with van der Waals surface area (Å²) in [7, 11) is 0. The Balaban J connectivity index is 1.62. The van der Waals surface area contributed by atoms with E-state index in [1.807, 2.05) is 32.0 Å². The zero-order valence-corrected chi connectivity index (χ0v) is 19.0. The van der Waals surface area contributed by atoms with E-state index in [-0.39, 0.29) is 12.5 Å². The molecule has 6 nitrogen and oxygen atoms in total. The number of hydrazone groups is 1. The zero-order chi connectivity index (χ0) is 23.1. The number of nitrogens with one attached hydrogen (secondary N) is 2. The third-order valence-electron chi connectivity index (χ3n) is 4.46. The average Bonchev–Trinajstić information content (AvgIpc) is 2.75. The van der Waals surface area contributed by atoms with Crippen molar-refractivity contribution in [1.82, 2.24) is 5.43 Å². The molecule has 0 heterocycles. The molecule has 0 aliphatic rings. The molecule has 3 aromatic carbocycles. The first-order valence-corrected chi connectivity index (χ1v) is 10.5. The molecule has 2 N–H and O–H groups in total. The van der Waals surface area contributed by atoms with Crippen molar-refractivity contribution in [3.63, 3.8) is 0 Å². The Morgan fingerprint density at radius 3 is 2.41 bits per heavy atom. The van der Waals surface area contributed by atoms with E-state index in [0.29, 0.717) is 26.9 Å². The van der Waals surface area contributed by atoms with Crippen LogP contribution in [0.25, 0.3) is 0 Å². The largest absolute Gasteiger partial charge is 0.483 e. The second-order valence-electron chi connectivity index (χ2n) is 7.04. The van der Waals surface area contributed by atoms with Crippen molar-refractivity contribution in [3.05, 3.63) is 93.0 Å². The zero-order valence-electron chi connectivity index (χ0n) is 17.5. The summed E-state index contributed by atoms with van der Waals surface area (Å²) in [5.41, 5.74) is 6.16. The van der Waals surface area contributed by atoms with E-state index < -0.39 is 5.91 Å². The van der Waals surface area contributed by atoms with Gasteiger partial charge in [-0.2, -0.15) is 5.10 Å². The summed E-state index contributed by atoms with van der Waals surface area (Å²) in [6.45, 7) is 3.71. The van der Waals surface area contributed by atoms with Crippen LogP contribution in [0.3, 0.4) is 0 Å². The summed E-state index contributed by atoms with van der Waals surface area (Å²) in [6.07, 6.45) is 1.40. The molecule has 0 atom stereocenters. The number of halogens is 2. The van der Waals surface area contributed by atoms with Crippen LogP contribution in [0.2, 0.25) is 10.0 Å². The second-order valence-corrected chi connectivity index (χ2v) is 7.92. The van der Waals surface area contributed by atoms with E-state index in [1.54, 1.807) is 42.5 Å². The number of ether oxygens (including phenoxy) is 1. The van der Waals surface area contributed by atoms with Crippen LogP contribution in [0.1, 0.15) is 27.0 Å². The highest BCUT2D eigenvalue weighted by Gasteiger charge is 2.09. The Morgan fingerprint density at radius 2 is 1.69 bits per heavy atom. The Hall–Kier alpha value is -3.35. The summed E-state index contributed by atoms with van der Waals surface area (Å²) >= 11 is 11.9. The van der Waals surface area contributed by atoms with Gasteiger partial charge in [0.15, 0.2) is 6.61 Å². The first-order chi connectivity index (χ1) is 15.3. The topological polar surface area (TPSA) is 79.8 Å². The van der Waals surface area contributed by atoms with Crippen molar-refractivity contribution < 1.29 is 14.3 Å². The molecule has 0 aliphatic heterocycles. The predicted molar refractivity (Wildman–Crippen MR) is 128 cm³/mol. The lowest BCUT2D eigenvalue weighted by atomic mass is 10.1. The standard InChI is InChI=1S/C24H21Cl2N3O3/c1-15-3-9-21(16(2)11-15)28-23(30)14-32-22-10-8-20(26)12-18(22)13-27-29-24(31)17-4-6-19(25)7-5-17/h3-13H,14H2,1-2H3,(H,28,30)(H,29,31)/b27-13+. The molecule has 32 heavy (non-hydrogen) atoms. The molecule has 0 aromatic heterocycles. The molecule has 164 valence electrons. The molecule has 0 bridgehead atoms. The molecule has 2 amide bonds. The minimum atomic E-state index is -0.393. The van der Waals surface area contributed by atoms with E-state index in [0.717, 1.165) is 16.8 Å². The number of benzene rings is 3. The Bertz CT molecular complexity index is 1160. The number of aryl methyl sites for hydroxylation is 2. The normalized spacial score (nSPS) is 10.8. The summed E-state index contributed by atoms with van der Waals surface area (Å²) in [5.74, 6) is -0.296. The summed E-state index contributed by atoms with van der Waals surface area (Å²) in [4.78, 5) is 24.5. The van der Waals surface area contributed by atoms with Crippen molar-refractivity contribution in [3.8, 4) is 5.75 Å². The van der Waals surface area contributed by atoms with Crippen LogP contribution in [-0.2, 0) is 4.79 Å². The first kappa shape index (κ1) is 23.3. The van der Waals surface area contributed by atoms with Crippen LogP contribution >= 0.6 is 23.2 Å². The van der Waals surface area contributed by atoms with E-state index in [2.05, 4.69) is 15.8 Å². The van der Waals surface area contributed by atoms with Gasteiger partial charge in [0.05, 0.1) is 6.21 Å². The molecular formula is C24H21Cl2N3O3. The molecule has 0 saturated carbocycles. The number of carbonyl (C=O) groups excluding carboxylic acids is 2. The maximum Gasteiger partial charge on any atom is 0.271 e. The molecule has 0 unspecified atom stereocenters. The van der Waals surface area contributed by atoms with Gasteiger partial charge in [-0.15, -0.1) is 0 Å². The fourth-order valence-electron chi connectivity index (χ4n) is 2.86. The van der Waals surface area contributed by atoms with Crippen LogP contribution in [0.15, 0.2) is 65.8 Å². The number of nitrogens with zero attached hydrogens (tertiary/aromatic N) is 1. The van der Waals surface area contributed by atoms with Crippen molar-refractivity contribution in [2.75, 3.05) is 11.9 Å². The Kier molecular flexibility index (Phi) is 7.87. The third kappa shape index (κ3) is 6.57. The molecular weight excluding hydrogens is 449 g/mol. The highest BCUT2D eigenvalue weighted by Crippen LogP contribution is 2.22. The van der Waals surface area contributed by atoms with Crippen molar-refractivity contribution >= 4 is 46.9 Å². The molecule has 3 rings (SSSR count). The van der Waals surface area contributed by atoms with Gasteiger partial charge in [0.25, 0.3) is 11.8 Å². The van der Waals surface area contributed by atoms with Gasteiger partial charge < -0.3 is 10.1 Å². The van der Waals surface area contributed by atoms with E-state index >= 15 is 0 Å². The summed E-state index contributed by atoms with van der Waals surface area (Å²) in [6, 6.07) is 17.1. The minimum absolute atomic E-state index is 0.201. The third-order valence-corrected chi connectivity index (χ3v) is 4.95. The maximum atomic E-state index is 12.3. The van der Waals surface area contributed by atoms with Crippen LogP contribution in [0, 0.1) is 13.8 Å². The SMILES string of the molecule is Cc1ccc(NC(=O)COc2ccc(Cl)cc2/C=N/NC(=O)c2ccc(Cl)cc2)c(C)c1. The summed E-state index contributed by atoms with van der Waals surface area (Å²) < 4.78 is 5.66. The molecule has 3 aromatic rings. The van der Waals surface area contributed by atoms with E-state index in [4.69, 9.17) is 27.9 Å². The lowest BCUT2D eigenvalue weighted by Crippen LogP contribution is -2.21. The second kappa shape index (κ2) is 10.8. The van der Waals surface area contributed by atoms with Crippen LogP contribution < -0.4 is 15.5 Å². The fourth-order valence-corrected chi connectivity index (χ4v) is 3.17. The molecule has 0 aliphatic carbocycles. The predicted octanol–water partition coefficient (Wildman–Crippen LogP) is 5.39. The lowest BCUT2D eigenvalue weighted by molar-refractivity contribution is -0.118. The van der Waals surface area contributed by atoms with Gasteiger partial charge in [-0.25, -0.2) is 5.43 Å². The lowest BCUT2D eigenvalue weighted by Gasteiger charge is -2.12. The van der Waals surface area contributed by atoms with Crippen LogP contribution in [-0.4, -0.2) is 24.6 Å². The highest BCUT2D eigenvalue weighted by molar-refractivity contribution is 6.31. The van der Waals surface area contributed by atoms with Gasteiger partial charge in [-0.1, -0.05) is 40.9 Å². The van der Waals surface area contributed by atoms with Gasteiger partial charge in [0.2, 0.25) is 0 Å².